The average molecular weight is 839 g/mol. The number of benzene rings is 4. The number of aliphatic imine (C=N–C) groups is 1. The number of amides is 5. The van der Waals surface area contributed by atoms with Crippen LogP contribution in [-0.2, 0) is 14.3 Å². The molecular weight excluding hydrogens is 789 g/mol. The van der Waals surface area contributed by atoms with E-state index in [1.165, 1.54) is 9.80 Å². The Hall–Kier alpha value is -6.74. The molecule has 5 aromatic rings. The van der Waals surface area contributed by atoms with Crippen LogP contribution in [0.15, 0.2) is 84.4 Å². The number of ether oxygens (including phenoxy) is 1. The quantitative estimate of drug-likeness (QED) is 0.0908. The fourth-order valence-electron chi connectivity index (χ4n) is 8.54. The number of imide groups is 2. The highest BCUT2D eigenvalue weighted by Gasteiger charge is 2.35. The molecule has 0 fully saturated rings. The SMILES string of the molecule is CN(CCCN(CCN1C(=O)c2cccc3c(-n4ccnc4)ccc(c23)C1=O)C(=O)CCCC(=O)OC(C)(C)C)CCN1C(=O)c2cccc3c(N4C=NCC4)ccc(c23)C1=O. The van der Waals surface area contributed by atoms with Crippen molar-refractivity contribution in [1.82, 2.24) is 29.2 Å². The van der Waals surface area contributed by atoms with Crippen molar-refractivity contribution in [3.8, 4) is 5.69 Å². The molecule has 0 saturated heterocycles. The molecule has 0 N–H and O–H groups in total. The van der Waals surface area contributed by atoms with E-state index in [-0.39, 0.29) is 62.6 Å². The van der Waals surface area contributed by atoms with Crippen molar-refractivity contribution in [3.63, 3.8) is 0 Å². The van der Waals surface area contributed by atoms with E-state index >= 15 is 0 Å². The Morgan fingerprint density at radius 2 is 1.31 bits per heavy atom. The Kier molecular flexibility index (Phi) is 11.7. The molecule has 62 heavy (non-hydrogen) atoms. The van der Waals surface area contributed by atoms with E-state index in [0.29, 0.717) is 65.6 Å². The molecule has 3 aliphatic heterocycles. The minimum atomic E-state index is -0.642. The minimum Gasteiger partial charge on any atom is -0.460 e. The zero-order chi connectivity index (χ0) is 43.7. The van der Waals surface area contributed by atoms with Gasteiger partial charge in [-0.3, -0.25) is 43.6 Å². The second kappa shape index (κ2) is 17.3. The second-order valence-electron chi connectivity index (χ2n) is 16.9. The Bertz CT molecular complexity index is 2590. The molecule has 320 valence electrons. The first-order valence-electron chi connectivity index (χ1n) is 21.1. The second-order valence-corrected chi connectivity index (χ2v) is 16.9. The third kappa shape index (κ3) is 8.32. The van der Waals surface area contributed by atoms with Gasteiger partial charge in [-0.1, -0.05) is 24.3 Å². The van der Waals surface area contributed by atoms with Crippen molar-refractivity contribution in [3.05, 3.63) is 102 Å². The monoisotopic (exact) mass is 838 g/mol. The van der Waals surface area contributed by atoms with Crippen molar-refractivity contribution < 1.29 is 33.5 Å². The van der Waals surface area contributed by atoms with Crippen LogP contribution in [0.5, 0.6) is 0 Å². The Morgan fingerprint density at radius 3 is 1.89 bits per heavy atom. The molecule has 0 bridgehead atoms. The maximum Gasteiger partial charge on any atom is 0.306 e. The number of nitrogens with zero attached hydrogens (tertiary/aromatic N) is 8. The number of esters is 1. The highest BCUT2D eigenvalue weighted by atomic mass is 16.6. The lowest BCUT2D eigenvalue weighted by molar-refractivity contribution is -0.155. The zero-order valence-corrected chi connectivity index (χ0v) is 35.5. The van der Waals surface area contributed by atoms with Crippen LogP contribution in [0.2, 0.25) is 0 Å². The number of likely N-dealkylation sites (N-methyl/N-ethyl adjacent to an activating group) is 1. The van der Waals surface area contributed by atoms with Gasteiger partial charge in [0.25, 0.3) is 23.6 Å². The molecule has 1 aromatic heterocycles. The number of hydrogen-bond acceptors (Lipinski definition) is 11. The lowest BCUT2D eigenvalue weighted by atomic mass is 9.92. The van der Waals surface area contributed by atoms with E-state index in [4.69, 9.17) is 4.74 Å². The van der Waals surface area contributed by atoms with E-state index in [1.807, 2.05) is 51.7 Å². The van der Waals surface area contributed by atoms with Gasteiger partial charge in [-0.05, 0) is 83.6 Å². The predicted molar refractivity (Wildman–Crippen MR) is 235 cm³/mol. The van der Waals surface area contributed by atoms with Gasteiger partial charge >= 0.3 is 5.97 Å². The summed E-state index contributed by atoms with van der Waals surface area (Å²) >= 11 is 0. The number of carbonyl (C=O) groups is 6. The molecule has 0 spiro atoms. The average Bonchev–Trinajstić information content (AvgIpc) is 3.99. The lowest BCUT2D eigenvalue weighted by Crippen LogP contribution is -2.46. The Morgan fingerprint density at radius 1 is 0.710 bits per heavy atom. The topological polar surface area (TPSA) is 158 Å². The molecule has 0 unspecified atom stereocenters. The highest BCUT2D eigenvalue weighted by molar-refractivity contribution is 6.28. The van der Waals surface area contributed by atoms with E-state index in [9.17, 15) is 28.8 Å². The van der Waals surface area contributed by atoms with E-state index in [2.05, 4.69) is 9.98 Å². The summed E-state index contributed by atoms with van der Waals surface area (Å²) in [5, 5.41) is 2.84. The third-order valence-corrected chi connectivity index (χ3v) is 11.5. The fraction of sp³-hybridized carbons (Fsp3) is 0.362. The molecule has 15 nitrogen and oxygen atoms in total. The van der Waals surface area contributed by atoms with Gasteiger partial charge in [-0.2, -0.15) is 0 Å². The summed E-state index contributed by atoms with van der Waals surface area (Å²) in [7, 11) is 1.89. The summed E-state index contributed by atoms with van der Waals surface area (Å²) in [5.74, 6) is -2.14. The molecule has 0 aliphatic carbocycles. The summed E-state index contributed by atoms with van der Waals surface area (Å²) < 4.78 is 7.27. The Balaban J connectivity index is 0.917. The summed E-state index contributed by atoms with van der Waals surface area (Å²) in [6.07, 6.45) is 7.88. The molecule has 0 saturated carbocycles. The molecule has 4 aromatic carbocycles. The Labute approximate surface area is 359 Å². The number of carbonyl (C=O) groups excluding carboxylic acids is 6. The van der Waals surface area contributed by atoms with Crippen LogP contribution >= 0.6 is 0 Å². The molecule has 0 atom stereocenters. The molecule has 3 aliphatic rings. The first-order chi connectivity index (χ1) is 29.8. The number of imidazole rings is 1. The van der Waals surface area contributed by atoms with Gasteiger partial charge < -0.3 is 24.0 Å². The van der Waals surface area contributed by atoms with Crippen LogP contribution in [0.25, 0.3) is 27.2 Å². The van der Waals surface area contributed by atoms with Crippen LogP contribution in [0.3, 0.4) is 0 Å². The summed E-state index contributed by atoms with van der Waals surface area (Å²) in [4.78, 5) is 98.3. The zero-order valence-electron chi connectivity index (χ0n) is 35.5. The van der Waals surface area contributed by atoms with Crippen molar-refractivity contribution in [2.45, 2.75) is 52.1 Å². The van der Waals surface area contributed by atoms with E-state index in [0.717, 1.165) is 28.7 Å². The normalized spacial score (nSPS) is 14.9. The van der Waals surface area contributed by atoms with Gasteiger partial charge in [0.15, 0.2) is 0 Å². The number of aromatic nitrogens is 2. The number of anilines is 1. The smallest absolute Gasteiger partial charge is 0.306 e. The molecule has 5 amide bonds. The summed E-state index contributed by atoms with van der Waals surface area (Å²) in [5.41, 5.74) is 2.86. The standard InChI is InChI=1S/C47H50N8O7/c1-47(2,3)62-40(57)14-7-13-39(56)51(26-28-55-44(59)34-12-6-10-32-38(53-24-20-49-30-53)18-16-36(42(32)34)46(55)61)22-8-21-50(4)25-27-54-43(58)33-11-5-9-31-37(52-23-19-48-29-52)17-15-35(41(31)33)45(54)60/h5-6,9-12,15-18,20,24,29-30H,7-8,13-14,19,21-23,25-28H2,1-4H3. The fourth-order valence-corrected chi connectivity index (χ4v) is 8.54. The van der Waals surface area contributed by atoms with Gasteiger partial charge in [0.1, 0.15) is 5.60 Å². The van der Waals surface area contributed by atoms with Gasteiger partial charge in [0.2, 0.25) is 5.91 Å². The maximum absolute atomic E-state index is 14.0. The van der Waals surface area contributed by atoms with Crippen molar-refractivity contribution in [1.29, 1.82) is 0 Å². The van der Waals surface area contributed by atoms with Gasteiger partial charge in [-0.25, -0.2) is 4.98 Å². The molecule has 0 radical (unpaired) electrons. The number of rotatable bonds is 16. The predicted octanol–water partition coefficient (Wildman–Crippen LogP) is 5.58. The van der Waals surface area contributed by atoms with Crippen molar-refractivity contribution >= 4 is 69.1 Å². The summed E-state index contributed by atoms with van der Waals surface area (Å²) in [6, 6.07) is 18.2. The van der Waals surface area contributed by atoms with Crippen LogP contribution in [-0.4, -0.2) is 136 Å². The minimum absolute atomic E-state index is 0.0229. The highest BCUT2D eigenvalue weighted by Crippen LogP contribution is 2.37. The molecule has 4 heterocycles. The largest absolute Gasteiger partial charge is 0.460 e. The van der Waals surface area contributed by atoms with E-state index in [1.54, 1.807) is 81.1 Å². The molecular formula is C47H50N8O7. The van der Waals surface area contributed by atoms with Crippen LogP contribution in [0.4, 0.5) is 5.69 Å². The van der Waals surface area contributed by atoms with Crippen molar-refractivity contribution in [2.24, 2.45) is 4.99 Å². The van der Waals surface area contributed by atoms with Crippen LogP contribution < -0.4 is 4.90 Å². The van der Waals surface area contributed by atoms with Crippen LogP contribution in [0, 0.1) is 0 Å². The maximum atomic E-state index is 14.0. The third-order valence-electron chi connectivity index (χ3n) is 11.5. The first-order valence-corrected chi connectivity index (χ1v) is 21.1. The van der Waals surface area contributed by atoms with Gasteiger partial charge in [0, 0.05) is 114 Å². The molecule has 8 rings (SSSR count). The van der Waals surface area contributed by atoms with Gasteiger partial charge in [0.05, 0.1) is 24.9 Å². The summed E-state index contributed by atoms with van der Waals surface area (Å²) in [6.45, 7) is 8.29. The van der Waals surface area contributed by atoms with Crippen molar-refractivity contribution in [2.75, 3.05) is 64.3 Å². The van der Waals surface area contributed by atoms with E-state index < -0.39 is 17.4 Å². The molecule has 15 heteroatoms. The first kappa shape index (κ1) is 42.0. The lowest BCUT2D eigenvalue weighted by Gasteiger charge is -2.31. The van der Waals surface area contributed by atoms with Crippen LogP contribution in [0.1, 0.15) is 87.9 Å². The number of hydrogen-bond donors (Lipinski definition) is 0. The van der Waals surface area contributed by atoms with Gasteiger partial charge in [-0.15, -0.1) is 0 Å².